The van der Waals surface area contributed by atoms with E-state index in [4.69, 9.17) is 9.47 Å². The molecule has 0 aliphatic carbocycles. The number of benzene rings is 2. The van der Waals surface area contributed by atoms with Crippen LogP contribution in [0.5, 0.6) is 11.5 Å². The molecule has 0 fully saturated rings. The van der Waals surface area contributed by atoms with Crippen LogP contribution in [0, 0.1) is 0 Å². The quantitative estimate of drug-likeness (QED) is 0.595. The number of carbonyl (C=O) groups is 1. The molecule has 1 amide bonds. The minimum Gasteiger partial charge on any atom is -0.493 e. The Morgan fingerprint density at radius 3 is 2.42 bits per heavy atom. The number of nitrogens with one attached hydrogen (secondary N) is 1. The van der Waals surface area contributed by atoms with E-state index in [1.165, 1.54) is 11.0 Å². The van der Waals surface area contributed by atoms with Gasteiger partial charge in [0.2, 0.25) is 5.91 Å². The lowest BCUT2D eigenvalue weighted by atomic mass is 10.2. The van der Waals surface area contributed by atoms with E-state index in [-0.39, 0.29) is 5.91 Å². The standard InChI is InChI=1S/C19H21NO3S/c1-4-24-16-9-7-15(8-10-16)20-19(21)12-6-14-5-11-17(22-2)18(13-14)23-3/h5-13H,4H2,1-3H3,(H,20,21). The van der Waals surface area contributed by atoms with Gasteiger partial charge in [-0.05, 0) is 53.8 Å². The molecule has 0 saturated heterocycles. The molecular weight excluding hydrogens is 322 g/mol. The van der Waals surface area contributed by atoms with Gasteiger partial charge in [-0.25, -0.2) is 0 Å². The van der Waals surface area contributed by atoms with Crippen LogP contribution in [0.4, 0.5) is 5.69 Å². The van der Waals surface area contributed by atoms with Gasteiger partial charge in [-0.2, -0.15) is 0 Å². The van der Waals surface area contributed by atoms with Crippen LogP contribution in [0.1, 0.15) is 12.5 Å². The van der Waals surface area contributed by atoms with E-state index >= 15 is 0 Å². The van der Waals surface area contributed by atoms with Crippen LogP contribution >= 0.6 is 11.8 Å². The molecule has 2 aromatic carbocycles. The summed E-state index contributed by atoms with van der Waals surface area (Å²) in [6, 6.07) is 13.3. The van der Waals surface area contributed by atoms with Crippen molar-refractivity contribution in [3.63, 3.8) is 0 Å². The lowest BCUT2D eigenvalue weighted by molar-refractivity contribution is -0.111. The number of hydrogen-bond acceptors (Lipinski definition) is 4. The summed E-state index contributed by atoms with van der Waals surface area (Å²) in [7, 11) is 3.17. The minimum absolute atomic E-state index is 0.180. The Bertz CT molecular complexity index is 711. The molecule has 0 atom stereocenters. The molecule has 0 bridgehead atoms. The summed E-state index contributed by atoms with van der Waals surface area (Å²) >= 11 is 1.77. The van der Waals surface area contributed by atoms with Crippen molar-refractivity contribution in [1.29, 1.82) is 0 Å². The third kappa shape index (κ3) is 5.06. The molecule has 2 rings (SSSR count). The first-order valence-corrected chi connectivity index (χ1v) is 8.58. The van der Waals surface area contributed by atoms with Gasteiger partial charge in [0.25, 0.3) is 0 Å². The highest BCUT2D eigenvalue weighted by molar-refractivity contribution is 7.99. The van der Waals surface area contributed by atoms with Crippen LogP contribution < -0.4 is 14.8 Å². The van der Waals surface area contributed by atoms with Gasteiger partial charge in [-0.1, -0.05) is 13.0 Å². The smallest absolute Gasteiger partial charge is 0.248 e. The zero-order valence-corrected chi connectivity index (χ0v) is 14.9. The molecule has 24 heavy (non-hydrogen) atoms. The van der Waals surface area contributed by atoms with Crippen molar-refractivity contribution in [1.82, 2.24) is 0 Å². The monoisotopic (exact) mass is 343 g/mol. The van der Waals surface area contributed by atoms with Crippen LogP contribution in [0.25, 0.3) is 6.08 Å². The summed E-state index contributed by atoms with van der Waals surface area (Å²) in [6.45, 7) is 2.11. The molecule has 0 heterocycles. The molecule has 0 aliphatic rings. The maximum Gasteiger partial charge on any atom is 0.248 e. The Kier molecular flexibility index (Phi) is 6.75. The van der Waals surface area contributed by atoms with Crippen LogP contribution in [-0.2, 0) is 4.79 Å². The highest BCUT2D eigenvalue weighted by Gasteiger charge is 2.03. The first-order chi connectivity index (χ1) is 11.7. The van der Waals surface area contributed by atoms with E-state index in [9.17, 15) is 4.79 Å². The molecule has 126 valence electrons. The summed E-state index contributed by atoms with van der Waals surface area (Å²) in [4.78, 5) is 13.2. The second-order valence-electron chi connectivity index (χ2n) is 4.89. The van der Waals surface area contributed by atoms with Crippen molar-refractivity contribution in [2.45, 2.75) is 11.8 Å². The molecule has 0 unspecified atom stereocenters. The fourth-order valence-electron chi connectivity index (χ4n) is 2.11. The Balaban J connectivity index is 1.99. The number of ether oxygens (including phenoxy) is 2. The topological polar surface area (TPSA) is 47.6 Å². The Morgan fingerprint density at radius 2 is 1.79 bits per heavy atom. The number of methoxy groups -OCH3 is 2. The Hall–Kier alpha value is -2.40. The SMILES string of the molecule is CCSc1ccc(NC(=O)C=Cc2ccc(OC)c(OC)c2)cc1. The molecule has 0 aromatic heterocycles. The van der Waals surface area contributed by atoms with Gasteiger partial charge in [-0.3, -0.25) is 4.79 Å². The van der Waals surface area contributed by atoms with Crippen molar-refractivity contribution >= 4 is 29.4 Å². The molecule has 0 radical (unpaired) electrons. The molecule has 4 nitrogen and oxygen atoms in total. The zero-order valence-electron chi connectivity index (χ0n) is 14.0. The average Bonchev–Trinajstić information content (AvgIpc) is 2.61. The Morgan fingerprint density at radius 1 is 1.08 bits per heavy atom. The lowest BCUT2D eigenvalue weighted by Gasteiger charge is -2.07. The maximum absolute atomic E-state index is 12.0. The number of carbonyl (C=O) groups excluding carboxylic acids is 1. The molecule has 5 heteroatoms. The molecular formula is C19H21NO3S. The molecule has 0 aliphatic heterocycles. The van der Waals surface area contributed by atoms with Crippen LogP contribution in [0.15, 0.2) is 53.4 Å². The number of hydrogen-bond donors (Lipinski definition) is 1. The summed E-state index contributed by atoms with van der Waals surface area (Å²) in [5.41, 5.74) is 1.63. The number of amides is 1. The first kappa shape index (κ1) is 17.9. The fourth-order valence-corrected chi connectivity index (χ4v) is 2.78. The van der Waals surface area contributed by atoms with Crippen LogP contribution in [-0.4, -0.2) is 25.9 Å². The van der Waals surface area contributed by atoms with Crippen molar-refractivity contribution in [2.75, 3.05) is 25.3 Å². The van der Waals surface area contributed by atoms with E-state index in [2.05, 4.69) is 12.2 Å². The second-order valence-corrected chi connectivity index (χ2v) is 6.23. The van der Waals surface area contributed by atoms with Crippen molar-refractivity contribution in [3.05, 3.63) is 54.1 Å². The molecule has 0 saturated carbocycles. The predicted octanol–water partition coefficient (Wildman–Crippen LogP) is 4.47. The van der Waals surface area contributed by atoms with Crippen molar-refractivity contribution < 1.29 is 14.3 Å². The van der Waals surface area contributed by atoms with Gasteiger partial charge in [0.05, 0.1) is 14.2 Å². The Labute approximate surface area is 146 Å². The second kappa shape index (κ2) is 9.03. The van der Waals surface area contributed by atoms with Crippen LogP contribution in [0.3, 0.4) is 0 Å². The van der Waals surface area contributed by atoms with E-state index in [1.807, 2.05) is 36.4 Å². The van der Waals surface area contributed by atoms with E-state index in [0.717, 1.165) is 17.0 Å². The summed E-state index contributed by atoms with van der Waals surface area (Å²) in [5, 5.41) is 2.84. The number of anilines is 1. The molecule has 2 aromatic rings. The fraction of sp³-hybridized carbons (Fsp3) is 0.211. The van der Waals surface area contributed by atoms with E-state index in [0.29, 0.717) is 11.5 Å². The largest absolute Gasteiger partial charge is 0.493 e. The molecule has 0 spiro atoms. The predicted molar refractivity (Wildman–Crippen MR) is 100 cm³/mol. The van der Waals surface area contributed by atoms with Gasteiger partial charge in [-0.15, -0.1) is 11.8 Å². The summed E-state index contributed by atoms with van der Waals surface area (Å²) in [6.07, 6.45) is 3.23. The lowest BCUT2D eigenvalue weighted by Crippen LogP contribution is -2.07. The number of thioether (sulfide) groups is 1. The third-order valence-corrected chi connectivity index (χ3v) is 4.16. The van der Waals surface area contributed by atoms with Gasteiger partial charge in [0.15, 0.2) is 11.5 Å². The van der Waals surface area contributed by atoms with E-state index < -0.39 is 0 Å². The van der Waals surface area contributed by atoms with Gasteiger partial charge < -0.3 is 14.8 Å². The first-order valence-electron chi connectivity index (χ1n) is 7.60. The van der Waals surface area contributed by atoms with Gasteiger partial charge in [0.1, 0.15) is 0 Å². The van der Waals surface area contributed by atoms with Crippen LogP contribution in [0.2, 0.25) is 0 Å². The third-order valence-electron chi connectivity index (χ3n) is 3.27. The van der Waals surface area contributed by atoms with Gasteiger partial charge in [0, 0.05) is 16.7 Å². The minimum atomic E-state index is -0.180. The highest BCUT2D eigenvalue weighted by Crippen LogP contribution is 2.28. The van der Waals surface area contributed by atoms with E-state index in [1.54, 1.807) is 38.1 Å². The highest BCUT2D eigenvalue weighted by atomic mass is 32.2. The maximum atomic E-state index is 12.0. The van der Waals surface area contributed by atoms with Crippen molar-refractivity contribution in [2.24, 2.45) is 0 Å². The van der Waals surface area contributed by atoms with Gasteiger partial charge >= 0.3 is 0 Å². The zero-order chi connectivity index (χ0) is 17.4. The number of rotatable bonds is 7. The van der Waals surface area contributed by atoms with Crippen molar-refractivity contribution in [3.8, 4) is 11.5 Å². The summed E-state index contributed by atoms with van der Waals surface area (Å²) in [5.74, 6) is 2.13. The average molecular weight is 343 g/mol. The summed E-state index contributed by atoms with van der Waals surface area (Å²) < 4.78 is 10.4. The normalized spacial score (nSPS) is 10.6. The molecule has 1 N–H and O–H groups in total.